The Hall–Kier alpha value is -3.67. The first-order valence-corrected chi connectivity index (χ1v) is 10.9. The number of hydrogen-bond donors (Lipinski definition) is 1. The van der Waals surface area contributed by atoms with Crippen LogP contribution >= 0.6 is 11.3 Å². The summed E-state index contributed by atoms with van der Waals surface area (Å²) >= 11 is 1.16. The molecule has 2 aromatic carbocycles. The van der Waals surface area contributed by atoms with Crippen LogP contribution in [-0.2, 0) is 16.6 Å². The summed E-state index contributed by atoms with van der Waals surface area (Å²) in [5.41, 5.74) is 2.36. The number of ketones is 1. The molecule has 0 spiro atoms. The Kier molecular flexibility index (Phi) is 6.42. The van der Waals surface area contributed by atoms with Crippen molar-refractivity contribution in [2.75, 3.05) is 12.4 Å². The number of thiazole rings is 1. The van der Waals surface area contributed by atoms with Crippen molar-refractivity contribution in [2.45, 2.75) is 25.6 Å². The van der Waals surface area contributed by atoms with Crippen molar-refractivity contribution in [3.05, 3.63) is 42.0 Å². The lowest BCUT2D eigenvalue weighted by molar-refractivity contribution is -0.274. The van der Waals surface area contributed by atoms with Gasteiger partial charge in [0.2, 0.25) is 5.95 Å². The van der Waals surface area contributed by atoms with Gasteiger partial charge in [0, 0.05) is 31.5 Å². The first kappa shape index (κ1) is 23.5. The summed E-state index contributed by atoms with van der Waals surface area (Å²) in [6.45, 7) is 0. The number of rotatable bonds is 8. The van der Waals surface area contributed by atoms with Crippen LogP contribution in [-0.4, -0.2) is 39.8 Å². The van der Waals surface area contributed by atoms with Crippen LogP contribution in [0.15, 0.2) is 36.4 Å². The van der Waals surface area contributed by atoms with Gasteiger partial charge in [0.05, 0.1) is 28.4 Å². The smallest absolute Gasteiger partial charge is 0.469 e. The third kappa shape index (κ3) is 5.28. The molecule has 0 atom stereocenters. The largest absolute Gasteiger partial charge is 0.573 e. The molecule has 0 radical (unpaired) electrons. The second-order valence-corrected chi connectivity index (χ2v) is 8.40. The second-order valence-electron chi connectivity index (χ2n) is 7.37. The lowest BCUT2D eigenvalue weighted by Gasteiger charge is -2.07. The number of anilines is 2. The highest BCUT2D eigenvalue weighted by molar-refractivity contribution is 7.22. The molecule has 0 bridgehead atoms. The number of aryl methyl sites for hydroxylation is 1. The number of nitrogens with one attached hydrogen (secondary N) is 1. The van der Waals surface area contributed by atoms with Gasteiger partial charge >= 0.3 is 12.3 Å². The monoisotopic (exact) mass is 492 g/mol. The number of Topliss-reactive ketones (excluding diaryl/α,β-unsaturated/α-hetero) is 1. The van der Waals surface area contributed by atoms with E-state index in [1.54, 1.807) is 29.8 Å². The lowest BCUT2D eigenvalue weighted by Crippen LogP contribution is -2.16. The number of methoxy groups -OCH3 is 1. The van der Waals surface area contributed by atoms with Gasteiger partial charge in [-0.1, -0.05) is 11.3 Å². The fourth-order valence-corrected chi connectivity index (χ4v) is 4.26. The minimum atomic E-state index is -4.77. The first-order chi connectivity index (χ1) is 16.1. The van der Waals surface area contributed by atoms with Gasteiger partial charge in [0.25, 0.3) is 0 Å². The first-order valence-electron chi connectivity index (χ1n) is 10.1. The summed E-state index contributed by atoms with van der Waals surface area (Å²) in [5.74, 6) is -0.325. The number of alkyl halides is 3. The molecule has 2 heterocycles. The number of carbonyl (C=O) groups excluding carboxylic acids is 2. The van der Waals surface area contributed by atoms with Crippen molar-refractivity contribution in [1.29, 1.82) is 0 Å². The molecule has 0 aliphatic carbocycles. The minimum Gasteiger partial charge on any atom is -0.469 e. The van der Waals surface area contributed by atoms with E-state index in [9.17, 15) is 22.8 Å². The number of nitrogens with zero attached hydrogens (tertiary/aromatic N) is 3. The molecule has 0 unspecified atom stereocenters. The third-order valence-corrected chi connectivity index (χ3v) is 5.96. The van der Waals surface area contributed by atoms with Crippen LogP contribution < -0.4 is 10.1 Å². The molecule has 2 aromatic heterocycles. The van der Waals surface area contributed by atoms with Crippen molar-refractivity contribution in [3.8, 4) is 5.75 Å². The summed E-state index contributed by atoms with van der Waals surface area (Å²) in [7, 11) is 3.09. The van der Waals surface area contributed by atoms with Crippen LogP contribution in [0.3, 0.4) is 0 Å². The van der Waals surface area contributed by atoms with Crippen molar-refractivity contribution in [2.24, 2.45) is 7.05 Å². The zero-order valence-corrected chi connectivity index (χ0v) is 18.9. The normalized spacial score (nSPS) is 11.7. The van der Waals surface area contributed by atoms with Crippen LogP contribution in [0.2, 0.25) is 0 Å². The van der Waals surface area contributed by atoms with Crippen molar-refractivity contribution < 1.29 is 32.2 Å². The molecular formula is C22H19F3N4O4S. The minimum absolute atomic E-state index is 0.103. The quantitative estimate of drug-likeness (QED) is 0.262. The number of benzene rings is 2. The average Bonchev–Trinajstić information content (AvgIpc) is 3.31. The Morgan fingerprint density at radius 2 is 1.88 bits per heavy atom. The maximum absolute atomic E-state index is 12.5. The molecule has 0 fully saturated rings. The number of halogens is 3. The molecule has 0 amide bonds. The Balaban J connectivity index is 1.52. The predicted molar refractivity (Wildman–Crippen MR) is 120 cm³/mol. The van der Waals surface area contributed by atoms with E-state index in [-0.39, 0.29) is 30.3 Å². The fraction of sp³-hybridized carbons (Fsp3) is 0.273. The molecule has 34 heavy (non-hydrogen) atoms. The highest BCUT2D eigenvalue weighted by Crippen LogP contribution is 2.33. The maximum atomic E-state index is 12.5. The standard InChI is InChI=1S/C22H19F3N4O4S/c1-29-16-9-6-12(17(30)4-3-5-19(31)32-2)10-15(16)26-20(29)28-21-27-14-8-7-13(11-18(14)34-21)33-22(23,24)25/h6-11H,3-5H2,1-2H3,(H,26,27,28). The number of fused-ring (bicyclic) bond motifs is 2. The molecule has 0 saturated heterocycles. The molecular weight excluding hydrogens is 473 g/mol. The van der Waals surface area contributed by atoms with Gasteiger partial charge in [0.15, 0.2) is 10.9 Å². The summed E-state index contributed by atoms with van der Waals surface area (Å²) in [5, 5.41) is 3.52. The van der Waals surface area contributed by atoms with Crippen LogP contribution in [0.4, 0.5) is 24.3 Å². The van der Waals surface area contributed by atoms with Gasteiger partial charge in [-0.25, -0.2) is 9.97 Å². The van der Waals surface area contributed by atoms with Crippen LogP contribution in [0, 0.1) is 0 Å². The zero-order chi connectivity index (χ0) is 24.5. The Labute approximate surface area is 195 Å². The predicted octanol–water partition coefficient (Wildman–Crippen LogP) is 5.35. The number of ether oxygens (including phenoxy) is 2. The molecule has 8 nitrogen and oxygen atoms in total. The van der Waals surface area contributed by atoms with Crippen LogP contribution in [0.25, 0.3) is 21.3 Å². The van der Waals surface area contributed by atoms with E-state index in [2.05, 4.69) is 24.8 Å². The molecule has 178 valence electrons. The average molecular weight is 492 g/mol. The number of imidazole rings is 1. The molecule has 1 N–H and O–H groups in total. The van der Waals surface area contributed by atoms with E-state index in [0.717, 1.165) is 16.9 Å². The highest BCUT2D eigenvalue weighted by atomic mass is 32.1. The van der Waals surface area contributed by atoms with Crippen molar-refractivity contribution >= 4 is 55.4 Å². The van der Waals surface area contributed by atoms with E-state index in [1.165, 1.54) is 25.3 Å². The number of aromatic nitrogens is 3. The van der Waals surface area contributed by atoms with Gasteiger partial charge in [-0.15, -0.1) is 13.2 Å². The number of esters is 1. The molecule has 4 rings (SSSR count). The molecule has 12 heteroatoms. The maximum Gasteiger partial charge on any atom is 0.573 e. The zero-order valence-electron chi connectivity index (χ0n) is 18.1. The van der Waals surface area contributed by atoms with E-state index in [1.807, 2.05) is 0 Å². The molecule has 0 saturated carbocycles. The Morgan fingerprint density at radius 1 is 1.09 bits per heavy atom. The Morgan fingerprint density at radius 3 is 2.62 bits per heavy atom. The Bertz CT molecular complexity index is 1380. The summed E-state index contributed by atoms with van der Waals surface area (Å²) in [4.78, 5) is 32.6. The fourth-order valence-electron chi connectivity index (χ4n) is 3.38. The van der Waals surface area contributed by atoms with Gasteiger partial charge < -0.3 is 19.4 Å². The lowest BCUT2D eigenvalue weighted by atomic mass is 10.0. The van der Waals surface area contributed by atoms with E-state index in [0.29, 0.717) is 38.8 Å². The van der Waals surface area contributed by atoms with Gasteiger partial charge in [-0.05, 0) is 36.8 Å². The van der Waals surface area contributed by atoms with Gasteiger partial charge in [-0.3, -0.25) is 9.59 Å². The summed E-state index contributed by atoms with van der Waals surface area (Å²) in [6.07, 6.45) is -3.99. The molecule has 0 aliphatic rings. The summed E-state index contributed by atoms with van der Waals surface area (Å²) < 4.78 is 48.2. The van der Waals surface area contributed by atoms with Crippen LogP contribution in [0.5, 0.6) is 5.75 Å². The van der Waals surface area contributed by atoms with Gasteiger partial charge in [-0.2, -0.15) is 0 Å². The van der Waals surface area contributed by atoms with E-state index < -0.39 is 6.36 Å². The van der Waals surface area contributed by atoms with E-state index >= 15 is 0 Å². The third-order valence-electron chi connectivity index (χ3n) is 5.03. The molecule has 0 aliphatic heterocycles. The van der Waals surface area contributed by atoms with Crippen LogP contribution in [0.1, 0.15) is 29.6 Å². The van der Waals surface area contributed by atoms with Gasteiger partial charge in [0.1, 0.15) is 5.75 Å². The summed E-state index contributed by atoms with van der Waals surface area (Å²) in [6, 6.07) is 9.09. The van der Waals surface area contributed by atoms with E-state index in [4.69, 9.17) is 0 Å². The topological polar surface area (TPSA) is 95.3 Å². The SMILES string of the molecule is COC(=O)CCCC(=O)c1ccc2c(c1)nc(Nc1nc3ccc(OC(F)(F)F)cc3s1)n2C. The number of hydrogen-bond acceptors (Lipinski definition) is 8. The molecule has 4 aromatic rings. The second kappa shape index (κ2) is 9.29. The highest BCUT2D eigenvalue weighted by Gasteiger charge is 2.31. The van der Waals surface area contributed by atoms with Crippen molar-refractivity contribution in [1.82, 2.24) is 14.5 Å². The van der Waals surface area contributed by atoms with Crippen molar-refractivity contribution in [3.63, 3.8) is 0 Å². The number of carbonyl (C=O) groups is 2.